The van der Waals surface area contributed by atoms with Crippen molar-refractivity contribution in [2.24, 2.45) is 0 Å². The van der Waals surface area contributed by atoms with E-state index >= 15 is 0 Å². The molecule has 16 heavy (non-hydrogen) atoms. The van der Waals surface area contributed by atoms with Gasteiger partial charge < -0.3 is 0 Å². The van der Waals surface area contributed by atoms with Crippen LogP contribution in [0.3, 0.4) is 0 Å². The lowest BCUT2D eigenvalue weighted by Crippen LogP contribution is -2.43. The largest absolute Gasteiger partial charge is 0.252 e. The van der Waals surface area contributed by atoms with E-state index in [2.05, 4.69) is 20.7 Å². The number of nitrogens with one attached hydrogen (secondary N) is 1. The number of nitriles is 1. The third-order valence-corrected chi connectivity index (χ3v) is 6.41. The predicted molar refractivity (Wildman–Crippen MR) is 66.6 cm³/mol. The summed E-state index contributed by atoms with van der Waals surface area (Å²) < 4.78 is 27.0. The molecule has 4 nitrogen and oxygen atoms in total. The minimum Gasteiger partial charge on any atom is -0.206 e. The molecule has 0 saturated heterocycles. The van der Waals surface area contributed by atoms with Gasteiger partial charge in [-0.3, -0.25) is 0 Å². The Morgan fingerprint density at radius 3 is 2.69 bits per heavy atom. The number of nitrogens with zero attached hydrogens (tertiary/aromatic N) is 1. The Morgan fingerprint density at radius 2 is 2.31 bits per heavy atom. The van der Waals surface area contributed by atoms with Gasteiger partial charge in [0, 0.05) is 4.47 Å². The number of sulfonamides is 1. The van der Waals surface area contributed by atoms with Crippen molar-refractivity contribution < 1.29 is 8.42 Å². The molecule has 0 amide bonds. The molecule has 1 aromatic heterocycles. The molecule has 1 N–H and O–H groups in total. The Kier molecular flexibility index (Phi) is 4.12. The van der Waals surface area contributed by atoms with Gasteiger partial charge in [0.25, 0.3) is 10.0 Å². The van der Waals surface area contributed by atoms with Crippen LogP contribution in [0.1, 0.15) is 20.3 Å². The van der Waals surface area contributed by atoms with E-state index in [0.717, 1.165) is 11.3 Å². The number of hydrogen-bond acceptors (Lipinski definition) is 4. The van der Waals surface area contributed by atoms with Gasteiger partial charge in [-0.2, -0.15) is 9.98 Å². The molecule has 1 heterocycles. The highest BCUT2D eigenvalue weighted by molar-refractivity contribution is 9.10. The van der Waals surface area contributed by atoms with Crippen LogP contribution in [-0.2, 0) is 10.0 Å². The summed E-state index contributed by atoms with van der Waals surface area (Å²) in [6.45, 7) is 3.32. The maximum atomic E-state index is 12.0. The van der Waals surface area contributed by atoms with E-state index in [9.17, 15) is 8.42 Å². The number of rotatable bonds is 4. The molecule has 0 spiro atoms. The van der Waals surface area contributed by atoms with Crippen molar-refractivity contribution in [3.05, 3.63) is 15.9 Å². The number of hydrogen-bond donors (Lipinski definition) is 1. The van der Waals surface area contributed by atoms with Crippen LogP contribution in [0.4, 0.5) is 0 Å². The smallest absolute Gasteiger partial charge is 0.206 e. The molecule has 7 heteroatoms. The second-order valence-corrected chi connectivity index (χ2v) is 7.11. The summed E-state index contributed by atoms with van der Waals surface area (Å²) in [5, 5.41) is 10.6. The fourth-order valence-electron chi connectivity index (χ4n) is 0.989. The van der Waals surface area contributed by atoms with Gasteiger partial charge in [-0.1, -0.05) is 6.92 Å². The van der Waals surface area contributed by atoms with Crippen LogP contribution < -0.4 is 4.72 Å². The van der Waals surface area contributed by atoms with E-state index in [1.807, 2.05) is 6.07 Å². The minimum atomic E-state index is -3.63. The molecule has 0 aliphatic rings. The maximum absolute atomic E-state index is 12.0. The van der Waals surface area contributed by atoms with Crippen LogP contribution in [0.25, 0.3) is 0 Å². The highest BCUT2D eigenvalue weighted by Gasteiger charge is 2.30. The van der Waals surface area contributed by atoms with E-state index in [0.29, 0.717) is 10.9 Å². The average Bonchev–Trinajstić information content (AvgIpc) is 2.64. The monoisotopic (exact) mass is 322 g/mol. The van der Waals surface area contributed by atoms with Gasteiger partial charge in [0.15, 0.2) is 0 Å². The topological polar surface area (TPSA) is 70.0 Å². The molecule has 0 aliphatic carbocycles. The van der Waals surface area contributed by atoms with Crippen molar-refractivity contribution in [3.8, 4) is 6.07 Å². The predicted octanol–water partition coefficient (Wildman–Crippen LogP) is 2.48. The Labute approximate surface area is 107 Å². The summed E-state index contributed by atoms with van der Waals surface area (Å²) in [7, 11) is -3.63. The summed E-state index contributed by atoms with van der Waals surface area (Å²) in [5.74, 6) is 0. The summed E-state index contributed by atoms with van der Waals surface area (Å²) in [4.78, 5) is 0. The van der Waals surface area contributed by atoms with Crippen molar-refractivity contribution >= 4 is 37.3 Å². The summed E-state index contributed by atoms with van der Waals surface area (Å²) in [6, 6.07) is 3.63. The first-order valence-corrected chi connectivity index (χ1v) is 7.68. The van der Waals surface area contributed by atoms with Crippen molar-refractivity contribution in [1.82, 2.24) is 4.72 Å². The highest BCUT2D eigenvalue weighted by Crippen LogP contribution is 2.28. The Hall–Kier alpha value is -0.420. The van der Waals surface area contributed by atoms with Crippen molar-refractivity contribution in [2.75, 3.05) is 0 Å². The lowest BCUT2D eigenvalue weighted by molar-refractivity contribution is 0.496. The zero-order chi connectivity index (χ0) is 12.4. The first-order chi connectivity index (χ1) is 7.34. The zero-order valence-electron chi connectivity index (χ0n) is 8.82. The Bertz CT molecular complexity index is 518. The molecule has 1 rings (SSSR count). The second-order valence-electron chi connectivity index (χ2n) is 3.46. The standard InChI is InChI=1S/C9H11BrN2O2S2/c1-3-9(2,6-11)12-16(13,14)8-7(10)4-5-15-8/h4-5,12H,3H2,1-2H3. The van der Waals surface area contributed by atoms with Gasteiger partial charge in [-0.25, -0.2) is 8.42 Å². The van der Waals surface area contributed by atoms with Crippen molar-refractivity contribution in [2.45, 2.75) is 30.0 Å². The van der Waals surface area contributed by atoms with E-state index in [4.69, 9.17) is 5.26 Å². The van der Waals surface area contributed by atoms with Crippen molar-refractivity contribution in [1.29, 1.82) is 5.26 Å². The molecule has 1 aromatic rings. The van der Waals surface area contributed by atoms with Gasteiger partial charge in [0.05, 0.1) is 6.07 Å². The molecule has 0 radical (unpaired) electrons. The van der Waals surface area contributed by atoms with Gasteiger partial charge in [-0.15, -0.1) is 11.3 Å². The van der Waals surface area contributed by atoms with Gasteiger partial charge in [0.2, 0.25) is 0 Å². The molecule has 1 unspecified atom stereocenters. The van der Waals surface area contributed by atoms with E-state index in [1.54, 1.807) is 25.3 Å². The van der Waals surface area contributed by atoms with E-state index < -0.39 is 15.6 Å². The summed E-state index contributed by atoms with van der Waals surface area (Å²) in [6.07, 6.45) is 0.408. The Balaban J connectivity index is 3.08. The van der Waals surface area contributed by atoms with Crippen LogP contribution in [0.5, 0.6) is 0 Å². The number of thiophene rings is 1. The lowest BCUT2D eigenvalue weighted by Gasteiger charge is -2.20. The van der Waals surface area contributed by atoms with Crippen LogP contribution in [0.2, 0.25) is 0 Å². The average molecular weight is 323 g/mol. The van der Waals surface area contributed by atoms with Crippen LogP contribution in [0.15, 0.2) is 20.1 Å². The van der Waals surface area contributed by atoms with E-state index in [-0.39, 0.29) is 4.21 Å². The third kappa shape index (κ3) is 2.83. The quantitative estimate of drug-likeness (QED) is 0.925. The SMILES string of the molecule is CCC(C)(C#N)NS(=O)(=O)c1sccc1Br. The molecular weight excluding hydrogens is 312 g/mol. The molecule has 1 atom stereocenters. The van der Waals surface area contributed by atoms with E-state index in [1.165, 1.54) is 0 Å². The molecule has 0 saturated carbocycles. The summed E-state index contributed by atoms with van der Waals surface area (Å²) in [5.41, 5.74) is -1.07. The summed E-state index contributed by atoms with van der Waals surface area (Å²) >= 11 is 4.27. The molecule has 88 valence electrons. The van der Waals surface area contributed by atoms with Gasteiger partial charge in [-0.05, 0) is 40.7 Å². The fourth-order valence-corrected chi connectivity index (χ4v) is 4.72. The van der Waals surface area contributed by atoms with Gasteiger partial charge in [0.1, 0.15) is 9.75 Å². The normalized spacial score (nSPS) is 15.4. The first kappa shape index (κ1) is 13.6. The maximum Gasteiger partial charge on any atom is 0.252 e. The van der Waals surface area contributed by atoms with Crippen LogP contribution >= 0.6 is 27.3 Å². The Morgan fingerprint density at radius 1 is 1.69 bits per heavy atom. The third-order valence-electron chi connectivity index (χ3n) is 2.14. The molecule has 0 aromatic carbocycles. The highest BCUT2D eigenvalue weighted by atomic mass is 79.9. The molecule has 0 bridgehead atoms. The molecular formula is C9H11BrN2O2S2. The molecule has 0 aliphatic heterocycles. The first-order valence-electron chi connectivity index (χ1n) is 4.53. The van der Waals surface area contributed by atoms with Crippen LogP contribution in [0, 0.1) is 11.3 Å². The van der Waals surface area contributed by atoms with Crippen LogP contribution in [-0.4, -0.2) is 14.0 Å². The minimum absolute atomic E-state index is 0.197. The zero-order valence-corrected chi connectivity index (χ0v) is 12.0. The second kappa shape index (κ2) is 4.84. The number of halogens is 1. The molecule has 0 fully saturated rings. The van der Waals surface area contributed by atoms with Crippen molar-refractivity contribution in [3.63, 3.8) is 0 Å². The fraction of sp³-hybridized carbons (Fsp3) is 0.444. The van der Waals surface area contributed by atoms with Gasteiger partial charge >= 0.3 is 0 Å². The lowest BCUT2D eigenvalue weighted by atomic mass is 10.0.